The van der Waals surface area contributed by atoms with Gasteiger partial charge in [0.2, 0.25) is 0 Å². The SMILES string of the molecule is CCc1ccc(CN2CCCCC2C2CCCN2)cc1. The fraction of sp³-hybridized carbons (Fsp3) is 0.667. The van der Waals surface area contributed by atoms with Crippen molar-refractivity contribution in [2.45, 2.75) is 64.1 Å². The van der Waals surface area contributed by atoms with Gasteiger partial charge in [0.25, 0.3) is 0 Å². The lowest BCUT2D eigenvalue weighted by Gasteiger charge is -2.39. The zero-order valence-corrected chi connectivity index (χ0v) is 12.8. The van der Waals surface area contributed by atoms with E-state index in [0.29, 0.717) is 0 Å². The van der Waals surface area contributed by atoms with E-state index in [4.69, 9.17) is 0 Å². The van der Waals surface area contributed by atoms with Crippen molar-refractivity contribution in [2.24, 2.45) is 0 Å². The molecule has 2 heterocycles. The van der Waals surface area contributed by atoms with E-state index in [9.17, 15) is 0 Å². The van der Waals surface area contributed by atoms with Crippen molar-refractivity contribution >= 4 is 0 Å². The minimum atomic E-state index is 0.741. The average molecular weight is 272 g/mol. The van der Waals surface area contributed by atoms with Crippen LogP contribution < -0.4 is 5.32 Å². The third-order valence-corrected chi connectivity index (χ3v) is 5.04. The van der Waals surface area contributed by atoms with E-state index in [1.54, 1.807) is 0 Å². The van der Waals surface area contributed by atoms with Crippen LogP contribution in [0.2, 0.25) is 0 Å². The fourth-order valence-corrected chi connectivity index (χ4v) is 3.82. The normalized spacial score (nSPS) is 27.9. The topological polar surface area (TPSA) is 15.3 Å². The molecule has 0 saturated carbocycles. The Kier molecular flexibility index (Phi) is 4.74. The molecule has 20 heavy (non-hydrogen) atoms. The zero-order chi connectivity index (χ0) is 13.8. The predicted molar refractivity (Wildman–Crippen MR) is 84.9 cm³/mol. The molecule has 0 spiro atoms. The first-order valence-electron chi connectivity index (χ1n) is 8.42. The first kappa shape index (κ1) is 14.1. The molecule has 0 amide bonds. The van der Waals surface area contributed by atoms with Gasteiger partial charge >= 0.3 is 0 Å². The van der Waals surface area contributed by atoms with Crippen LogP contribution in [0.1, 0.15) is 50.2 Å². The molecule has 0 aliphatic carbocycles. The number of hydrogen-bond acceptors (Lipinski definition) is 2. The van der Waals surface area contributed by atoms with Gasteiger partial charge < -0.3 is 5.32 Å². The summed E-state index contributed by atoms with van der Waals surface area (Å²) in [6.45, 7) is 5.85. The molecular weight excluding hydrogens is 244 g/mol. The number of piperidine rings is 1. The number of rotatable bonds is 4. The number of aryl methyl sites for hydroxylation is 1. The molecule has 2 unspecified atom stereocenters. The molecule has 2 heteroatoms. The third-order valence-electron chi connectivity index (χ3n) is 5.04. The lowest BCUT2D eigenvalue weighted by atomic mass is 9.94. The van der Waals surface area contributed by atoms with Gasteiger partial charge in [0.15, 0.2) is 0 Å². The molecule has 2 aliphatic rings. The molecule has 3 rings (SSSR count). The lowest BCUT2D eigenvalue weighted by molar-refractivity contribution is 0.112. The van der Waals surface area contributed by atoms with Crippen molar-refractivity contribution < 1.29 is 0 Å². The largest absolute Gasteiger partial charge is 0.312 e. The molecule has 0 aromatic heterocycles. The minimum absolute atomic E-state index is 0.741. The van der Waals surface area contributed by atoms with Crippen molar-refractivity contribution in [1.29, 1.82) is 0 Å². The summed E-state index contributed by atoms with van der Waals surface area (Å²) in [6, 6.07) is 10.7. The van der Waals surface area contributed by atoms with Crippen molar-refractivity contribution in [2.75, 3.05) is 13.1 Å². The minimum Gasteiger partial charge on any atom is -0.312 e. The van der Waals surface area contributed by atoms with Crippen LogP contribution in [0.25, 0.3) is 0 Å². The quantitative estimate of drug-likeness (QED) is 0.904. The molecule has 1 N–H and O–H groups in total. The number of benzene rings is 1. The number of hydrogen-bond donors (Lipinski definition) is 1. The van der Waals surface area contributed by atoms with Crippen LogP contribution in [0, 0.1) is 0 Å². The predicted octanol–water partition coefficient (Wildman–Crippen LogP) is 3.36. The van der Waals surface area contributed by atoms with Crippen molar-refractivity contribution in [1.82, 2.24) is 10.2 Å². The van der Waals surface area contributed by atoms with Gasteiger partial charge in [0.1, 0.15) is 0 Å². The fourth-order valence-electron chi connectivity index (χ4n) is 3.82. The van der Waals surface area contributed by atoms with Crippen molar-refractivity contribution in [3.63, 3.8) is 0 Å². The molecule has 2 saturated heterocycles. The Bertz CT molecular complexity index is 406. The Morgan fingerprint density at radius 2 is 1.85 bits per heavy atom. The van der Waals surface area contributed by atoms with Gasteiger partial charge in [-0.1, -0.05) is 37.6 Å². The molecule has 2 atom stereocenters. The molecular formula is C18H28N2. The Balaban J connectivity index is 1.66. The first-order valence-corrected chi connectivity index (χ1v) is 8.42. The Hall–Kier alpha value is -0.860. The number of nitrogens with zero attached hydrogens (tertiary/aromatic N) is 1. The van der Waals surface area contributed by atoms with Gasteiger partial charge in [0.05, 0.1) is 0 Å². The van der Waals surface area contributed by atoms with Gasteiger partial charge in [-0.2, -0.15) is 0 Å². The van der Waals surface area contributed by atoms with E-state index >= 15 is 0 Å². The smallest absolute Gasteiger partial charge is 0.0252 e. The van der Waals surface area contributed by atoms with Crippen LogP contribution in [0.5, 0.6) is 0 Å². The summed E-state index contributed by atoms with van der Waals surface area (Å²) < 4.78 is 0. The van der Waals surface area contributed by atoms with Crippen LogP contribution >= 0.6 is 0 Å². The Labute approximate surface area is 123 Å². The second-order valence-corrected chi connectivity index (χ2v) is 6.41. The molecule has 2 nitrogen and oxygen atoms in total. The highest BCUT2D eigenvalue weighted by Crippen LogP contribution is 2.25. The van der Waals surface area contributed by atoms with E-state index < -0.39 is 0 Å². The summed E-state index contributed by atoms with van der Waals surface area (Å²) >= 11 is 0. The lowest BCUT2D eigenvalue weighted by Crippen LogP contribution is -2.49. The highest BCUT2D eigenvalue weighted by atomic mass is 15.2. The maximum atomic E-state index is 3.72. The van der Waals surface area contributed by atoms with Gasteiger partial charge in [-0.3, -0.25) is 4.90 Å². The summed E-state index contributed by atoms with van der Waals surface area (Å²) in [5.74, 6) is 0. The molecule has 110 valence electrons. The Morgan fingerprint density at radius 3 is 2.55 bits per heavy atom. The third kappa shape index (κ3) is 3.24. The van der Waals surface area contributed by atoms with Crippen molar-refractivity contribution in [3.05, 3.63) is 35.4 Å². The number of nitrogens with one attached hydrogen (secondary N) is 1. The van der Waals surface area contributed by atoms with Crippen LogP contribution in [-0.4, -0.2) is 30.1 Å². The van der Waals surface area contributed by atoms with Crippen LogP contribution in [0.4, 0.5) is 0 Å². The molecule has 1 aromatic rings. The van der Waals surface area contributed by atoms with Crippen LogP contribution in [0.3, 0.4) is 0 Å². The highest BCUT2D eigenvalue weighted by molar-refractivity contribution is 5.22. The maximum absolute atomic E-state index is 3.72. The van der Waals surface area contributed by atoms with Crippen LogP contribution in [0.15, 0.2) is 24.3 Å². The van der Waals surface area contributed by atoms with E-state index in [0.717, 1.165) is 25.0 Å². The molecule has 2 aliphatic heterocycles. The average Bonchev–Trinajstić information content (AvgIpc) is 3.03. The highest BCUT2D eigenvalue weighted by Gasteiger charge is 2.31. The molecule has 2 fully saturated rings. The van der Waals surface area contributed by atoms with Gasteiger partial charge in [-0.25, -0.2) is 0 Å². The first-order chi connectivity index (χ1) is 9.86. The van der Waals surface area contributed by atoms with E-state index in [-0.39, 0.29) is 0 Å². The van der Waals surface area contributed by atoms with Gasteiger partial charge in [-0.15, -0.1) is 0 Å². The maximum Gasteiger partial charge on any atom is 0.0252 e. The summed E-state index contributed by atoms with van der Waals surface area (Å²) in [5, 5.41) is 3.72. The monoisotopic (exact) mass is 272 g/mol. The van der Waals surface area contributed by atoms with Gasteiger partial charge in [-0.05, 0) is 56.3 Å². The second-order valence-electron chi connectivity index (χ2n) is 6.41. The van der Waals surface area contributed by atoms with E-state index in [1.807, 2.05) is 0 Å². The van der Waals surface area contributed by atoms with Gasteiger partial charge in [0, 0.05) is 18.6 Å². The number of likely N-dealkylation sites (tertiary alicyclic amines) is 1. The van der Waals surface area contributed by atoms with Crippen molar-refractivity contribution in [3.8, 4) is 0 Å². The molecule has 0 bridgehead atoms. The van der Waals surface area contributed by atoms with E-state index in [2.05, 4.69) is 41.4 Å². The molecule has 1 aromatic carbocycles. The summed E-state index contributed by atoms with van der Waals surface area (Å²) in [7, 11) is 0. The van der Waals surface area contributed by atoms with Crippen LogP contribution in [-0.2, 0) is 13.0 Å². The Morgan fingerprint density at radius 1 is 1.05 bits per heavy atom. The second kappa shape index (κ2) is 6.73. The summed E-state index contributed by atoms with van der Waals surface area (Å²) in [4.78, 5) is 2.73. The zero-order valence-electron chi connectivity index (χ0n) is 12.8. The van der Waals surface area contributed by atoms with E-state index in [1.165, 1.54) is 56.3 Å². The summed E-state index contributed by atoms with van der Waals surface area (Å²) in [5.41, 5.74) is 2.92. The standard InChI is InChI=1S/C18H28N2/c1-2-15-8-10-16(11-9-15)14-20-13-4-3-7-18(20)17-6-5-12-19-17/h8-11,17-19H,2-7,12-14H2,1H3. The summed E-state index contributed by atoms with van der Waals surface area (Å²) in [6.07, 6.45) is 8.03. The molecule has 0 radical (unpaired) electrons.